The van der Waals surface area contributed by atoms with Crippen LogP contribution in [0.1, 0.15) is 31.2 Å². The van der Waals surface area contributed by atoms with E-state index in [0.717, 1.165) is 24.7 Å². The van der Waals surface area contributed by atoms with Gasteiger partial charge >= 0.3 is 0 Å². The Bertz CT molecular complexity index is 772. The Hall–Kier alpha value is -2.34. The van der Waals surface area contributed by atoms with Gasteiger partial charge in [-0.2, -0.15) is 0 Å². The van der Waals surface area contributed by atoms with Crippen LogP contribution in [0.3, 0.4) is 0 Å². The number of carbonyl (C=O) groups is 1. The average molecular weight is 346 g/mol. The maximum atomic E-state index is 12.6. The maximum Gasteiger partial charge on any atom is 0.231 e. The fourth-order valence-electron chi connectivity index (χ4n) is 2.49. The van der Waals surface area contributed by atoms with Gasteiger partial charge in [0, 0.05) is 11.4 Å². The van der Waals surface area contributed by atoms with Gasteiger partial charge in [0.05, 0.1) is 12.2 Å². The molecule has 0 heterocycles. The molecule has 24 heavy (non-hydrogen) atoms. The molecular weight excluding hydrogens is 324 g/mol. The van der Waals surface area contributed by atoms with Crippen molar-refractivity contribution in [3.63, 3.8) is 0 Å². The number of rotatable bonds is 7. The molecule has 0 fully saturated rings. The van der Waals surface area contributed by atoms with Crippen LogP contribution in [0, 0.1) is 0 Å². The molecular formula is C18H22N2O3S. The molecule has 0 aliphatic rings. The summed E-state index contributed by atoms with van der Waals surface area (Å²) in [5.74, 6) is -0.267. The predicted octanol–water partition coefficient (Wildman–Crippen LogP) is 3.58. The third-order valence-corrected chi connectivity index (χ3v) is 4.16. The van der Waals surface area contributed by atoms with Gasteiger partial charge in [0.2, 0.25) is 15.9 Å². The normalized spacial score (nSPS) is 12.4. The number of hydrogen-bond acceptors (Lipinski definition) is 3. The van der Waals surface area contributed by atoms with Gasteiger partial charge < -0.3 is 5.32 Å². The van der Waals surface area contributed by atoms with E-state index in [-0.39, 0.29) is 11.8 Å². The molecule has 2 aromatic carbocycles. The van der Waals surface area contributed by atoms with E-state index in [9.17, 15) is 13.2 Å². The lowest BCUT2D eigenvalue weighted by molar-refractivity contribution is -0.117. The highest BCUT2D eigenvalue weighted by Gasteiger charge is 2.19. The van der Waals surface area contributed by atoms with Gasteiger partial charge in [0.15, 0.2) is 0 Å². The second-order valence-corrected chi connectivity index (χ2v) is 7.44. The Labute approximate surface area is 143 Å². The van der Waals surface area contributed by atoms with Crippen molar-refractivity contribution in [2.75, 3.05) is 16.3 Å². The van der Waals surface area contributed by atoms with E-state index in [4.69, 9.17) is 0 Å². The zero-order valence-electron chi connectivity index (χ0n) is 13.8. The Morgan fingerprint density at radius 3 is 2.12 bits per heavy atom. The van der Waals surface area contributed by atoms with Crippen LogP contribution in [-0.2, 0) is 14.8 Å². The molecule has 2 aromatic rings. The smallest absolute Gasteiger partial charge is 0.231 e. The molecule has 0 bridgehead atoms. The van der Waals surface area contributed by atoms with Gasteiger partial charge in [0.25, 0.3) is 0 Å². The lowest BCUT2D eigenvalue weighted by Gasteiger charge is -2.17. The predicted molar refractivity (Wildman–Crippen MR) is 97.6 cm³/mol. The van der Waals surface area contributed by atoms with Crippen molar-refractivity contribution in [2.24, 2.45) is 0 Å². The average Bonchev–Trinajstić information content (AvgIpc) is 2.54. The molecule has 6 heteroatoms. The quantitative estimate of drug-likeness (QED) is 0.804. The molecule has 0 saturated heterocycles. The van der Waals surface area contributed by atoms with Gasteiger partial charge in [-0.25, -0.2) is 8.42 Å². The number of amides is 1. The number of benzene rings is 2. The Balaban J connectivity index is 2.09. The third kappa shape index (κ3) is 5.38. The minimum atomic E-state index is -3.31. The SMILES string of the molecule is CCCC(C(=O)Nc1ccc(NS(C)(=O)=O)cc1)c1ccccc1. The molecule has 0 aromatic heterocycles. The highest BCUT2D eigenvalue weighted by molar-refractivity contribution is 7.92. The van der Waals surface area contributed by atoms with Crippen molar-refractivity contribution < 1.29 is 13.2 Å². The van der Waals surface area contributed by atoms with Crippen molar-refractivity contribution >= 4 is 27.3 Å². The summed E-state index contributed by atoms with van der Waals surface area (Å²) in [5, 5.41) is 2.90. The first-order valence-corrected chi connectivity index (χ1v) is 9.72. The van der Waals surface area contributed by atoms with E-state index in [1.165, 1.54) is 0 Å². The topological polar surface area (TPSA) is 75.3 Å². The van der Waals surface area contributed by atoms with Crippen LogP contribution in [0.2, 0.25) is 0 Å². The van der Waals surface area contributed by atoms with E-state index < -0.39 is 10.0 Å². The summed E-state index contributed by atoms with van der Waals surface area (Å²) in [5.41, 5.74) is 2.09. The number of anilines is 2. The van der Waals surface area contributed by atoms with Crippen LogP contribution >= 0.6 is 0 Å². The molecule has 2 N–H and O–H groups in total. The fraction of sp³-hybridized carbons (Fsp3) is 0.278. The zero-order valence-corrected chi connectivity index (χ0v) is 14.6. The van der Waals surface area contributed by atoms with E-state index in [2.05, 4.69) is 17.0 Å². The number of hydrogen-bond donors (Lipinski definition) is 2. The molecule has 1 amide bonds. The largest absolute Gasteiger partial charge is 0.326 e. The standard InChI is InChI=1S/C18H22N2O3S/c1-3-7-17(14-8-5-4-6-9-14)18(21)19-15-10-12-16(13-11-15)20-24(2,22)23/h4-6,8-13,17,20H,3,7H2,1-2H3,(H,19,21). The molecule has 0 aliphatic carbocycles. The van der Waals surface area contributed by atoms with E-state index >= 15 is 0 Å². The molecule has 1 atom stereocenters. The maximum absolute atomic E-state index is 12.6. The van der Waals surface area contributed by atoms with Gasteiger partial charge in [-0.05, 0) is 36.2 Å². The van der Waals surface area contributed by atoms with Crippen molar-refractivity contribution in [1.82, 2.24) is 0 Å². The monoisotopic (exact) mass is 346 g/mol. The second-order valence-electron chi connectivity index (χ2n) is 5.69. The number of carbonyl (C=O) groups excluding carboxylic acids is 1. The van der Waals surface area contributed by atoms with Crippen LogP contribution in [0.4, 0.5) is 11.4 Å². The van der Waals surface area contributed by atoms with Crippen LogP contribution in [-0.4, -0.2) is 20.6 Å². The third-order valence-electron chi connectivity index (χ3n) is 3.55. The minimum absolute atomic E-state index is 0.0631. The molecule has 0 radical (unpaired) electrons. The molecule has 128 valence electrons. The van der Waals surface area contributed by atoms with E-state index in [1.54, 1.807) is 24.3 Å². The molecule has 5 nitrogen and oxygen atoms in total. The summed E-state index contributed by atoms with van der Waals surface area (Å²) >= 11 is 0. The minimum Gasteiger partial charge on any atom is -0.326 e. The summed E-state index contributed by atoms with van der Waals surface area (Å²) < 4.78 is 24.8. The summed E-state index contributed by atoms with van der Waals surface area (Å²) in [4.78, 5) is 12.6. The first-order valence-electron chi connectivity index (χ1n) is 7.82. The summed E-state index contributed by atoms with van der Waals surface area (Å²) in [6.45, 7) is 2.05. The van der Waals surface area contributed by atoms with Crippen LogP contribution in [0.5, 0.6) is 0 Å². The van der Waals surface area contributed by atoms with Gasteiger partial charge in [-0.15, -0.1) is 0 Å². The lowest BCUT2D eigenvalue weighted by Crippen LogP contribution is -2.21. The number of nitrogens with one attached hydrogen (secondary N) is 2. The molecule has 0 saturated carbocycles. The Kier molecular flexibility index (Phi) is 5.98. The summed E-state index contributed by atoms with van der Waals surface area (Å²) in [6, 6.07) is 16.3. The fourth-order valence-corrected chi connectivity index (χ4v) is 3.05. The first-order chi connectivity index (χ1) is 11.4. The van der Waals surface area contributed by atoms with Crippen molar-refractivity contribution in [1.29, 1.82) is 0 Å². The van der Waals surface area contributed by atoms with Crippen molar-refractivity contribution in [2.45, 2.75) is 25.7 Å². The molecule has 1 unspecified atom stereocenters. The molecule has 0 spiro atoms. The van der Waals surface area contributed by atoms with Crippen molar-refractivity contribution in [3.8, 4) is 0 Å². The highest BCUT2D eigenvalue weighted by atomic mass is 32.2. The van der Waals surface area contributed by atoms with Gasteiger partial charge in [0.1, 0.15) is 0 Å². The zero-order chi connectivity index (χ0) is 17.6. The Morgan fingerprint density at radius 1 is 1.00 bits per heavy atom. The van der Waals surface area contributed by atoms with E-state index in [1.807, 2.05) is 30.3 Å². The van der Waals surface area contributed by atoms with Crippen LogP contribution in [0.15, 0.2) is 54.6 Å². The Morgan fingerprint density at radius 2 is 1.58 bits per heavy atom. The molecule has 2 rings (SSSR count). The van der Waals surface area contributed by atoms with Crippen LogP contribution < -0.4 is 10.0 Å². The summed E-state index contributed by atoms with van der Waals surface area (Å²) in [7, 11) is -3.31. The van der Waals surface area contributed by atoms with Crippen LogP contribution in [0.25, 0.3) is 0 Å². The van der Waals surface area contributed by atoms with E-state index in [0.29, 0.717) is 11.4 Å². The second kappa shape index (κ2) is 7.97. The first kappa shape index (κ1) is 18.0. The highest BCUT2D eigenvalue weighted by Crippen LogP contribution is 2.24. The van der Waals surface area contributed by atoms with Gasteiger partial charge in [-0.3, -0.25) is 9.52 Å². The lowest BCUT2D eigenvalue weighted by atomic mass is 9.93. The van der Waals surface area contributed by atoms with Crippen molar-refractivity contribution in [3.05, 3.63) is 60.2 Å². The van der Waals surface area contributed by atoms with Gasteiger partial charge in [-0.1, -0.05) is 43.7 Å². The molecule has 0 aliphatic heterocycles. The number of sulfonamides is 1. The summed E-state index contributed by atoms with van der Waals surface area (Å²) in [6.07, 6.45) is 2.77.